The van der Waals surface area contributed by atoms with Gasteiger partial charge in [-0.1, -0.05) is 32.1 Å². The van der Waals surface area contributed by atoms with E-state index < -0.39 is 0 Å². The number of fused-ring (bicyclic) bond motifs is 1. The molecule has 0 spiro atoms. The normalized spacial score (nSPS) is 23.5. The second-order valence-electron chi connectivity index (χ2n) is 6.88. The molecule has 1 aromatic heterocycles. The van der Waals surface area contributed by atoms with Gasteiger partial charge in [0.25, 0.3) is 0 Å². The number of ketones is 1. The van der Waals surface area contributed by atoms with Crippen LogP contribution in [0.2, 0.25) is 0 Å². The third-order valence-electron chi connectivity index (χ3n) is 4.28. The number of carbonyl (C=O) groups excluding carboxylic acids is 1. The molecule has 1 aromatic rings. The number of anilines is 1. The molecule has 0 atom stereocenters. The summed E-state index contributed by atoms with van der Waals surface area (Å²) >= 11 is 1.62. The summed E-state index contributed by atoms with van der Waals surface area (Å²) in [5.41, 5.74) is 1.12. The Morgan fingerprint density at radius 2 is 1.95 bits per heavy atom. The van der Waals surface area contributed by atoms with Gasteiger partial charge in [0, 0.05) is 19.5 Å². The molecule has 4 heteroatoms. The van der Waals surface area contributed by atoms with E-state index in [-0.39, 0.29) is 5.41 Å². The smallest absolute Gasteiger partial charge is 0.186 e. The highest BCUT2D eigenvalue weighted by Crippen LogP contribution is 2.39. The number of thiazole rings is 1. The highest BCUT2D eigenvalue weighted by molar-refractivity contribution is 7.17. The summed E-state index contributed by atoms with van der Waals surface area (Å²) in [5.74, 6) is 1.12. The van der Waals surface area contributed by atoms with Crippen molar-refractivity contribution in [3.05, 3.63) is 10.6 Å². The molecule has 1 saturated heterocycles. The summed E-state index contributed by atoms with van der Waals surface area (Å²) in [4.78, 5) is 20.3. The Balaban J connectivity index is 1.85. The highest BCUT2D eigenvalue weighted by atomic mass is 32.1. The highest BCUT2D eigenvalue weighted by Gasteiger charge is 2.34. The van der Waals surface area contributed by atoms with Crippen LogP contribution in [0.25, 0.3) is 0 Å². The molecular formula is C15H22N2OS. The molecule has 1 aliphatic carbocycles. The Hall–Kier alpha value is -0.900. The van der Waals surface area contributed by atoms with Crippen molar-refractivity contribution in [2.75, 3.05) is 18.0 Å². The van der Waals surface area contributed by atoms with Crippen molar-refractivity contribution < 1.29 is 4.79 Å². The minimum Gasteiger partial charge on any atom is -0.348 e. The molecule has 0 aromatic carbocycles. The van der Waals surface area contributed by atoms with Crippen LogP contribution in [0.1, 0.15) is 55.4 Å². The topological polar surface area (TPSA) is 33.2 Å². The number of carbonyl (C=O) groups is 1. The third-order valence-corrected chi connectivity index (χ3v) is 5.48. The van der Waals surface area contributed by atoms with E-state index in [1.165, 1.54) is 12.8 Å². The van der Waals surface area contributed by atoms with E-state index in [1.54, 1.807) is 11.3 Å². The minimum atomic E-state index is 0.0752. The second kappa shape index (κ2) is 4.58. The number of hydrogen-bond acceptors (Lipinski definition) is 4. The summed E-state index contributed by atoms with van der Waals surface area (Å²) in [6.45, 7) is 8.82. The second-order valence-corrected chi connectivity index (χ2v) is 7.86. The Labute approximate surface area is 119 Å². The molecule has 2 aliphatic rings. The molecule has 1 fully saturated rings. The van der Waals surface area contributed by atoms with Crippen molar-refractivity contribution in [2.24, 2.45) is 11.3 Å². The van der Waals surface area contributed by atoms with Crippen LogP contribution in [0.4, 0.5) is 5.13 Å². The fraction of sp³-hybridized carbons (Fsp3) is 0.733. The lowest BCUT2D eigenvalue weighted by Crippen LogP contribution is -2.32. The summed E-state index contributed by atoms with van der Waals surface area (Å²) in [5, 5.41) is 1.07. The van der Waals surface area contributed by atoms with Crippen LogP contribution < -0.4 is 4.90 Å². The molecule has 0 saturated carbocycles. The predicted molar refractivity (Wildman–Crippen MR) is 79.2 cm³/mol. The van der Waals surface area contributed by atoms with E-state index >= 15 is 0 Å². The molecule has 0 bridgehead atoms. The summed E-state index contributed by atoms with van der Waals surface area (Å²) in [6.07, 6.45) is 4.08. The molecule has 19 heavy (non-hydrogen) atoms. The van der Waals surface area contributed by atoms with Gasteiger partial charge in [0.05, 0.1) is 10.6 Å². The van der Waals surface area contributed by atoms with Gasteiger partial charge >= 0.3 is 0 Å². The van der Waals surface area contributed by atoms with Gasteiger partial charge in [-0.15, -0.1) is 0 Å². The van der Waals surface area contributed by atoms with Crippen LogP contribution in [0.15, 0.2) is 0 Å². The SMILES string of the molecule is CC1CCN(c2nc3c(s2)C(=O)CC(C)(C)C3)CC1. The van der Waals surface area contributed by atoms with Crippen LogP contribution >= 0.6 is 11.3 Å². The Morgan fingerprint density at radius 1 is 1.26 bits per heavy atom. The van der Waals surface area contributed by atoms with Crippen molar-refractivity contribution >= 4 is 22.3 Å². The largest absolute Gasteiger partial charge is 0.348 e. The molecule has 0 N–H and O–H groups in total. The van der Waals surface area contributed by atoms with E-state index in [0.29, 0.717) is 12.2 Å². The minimum absolute atomic E-state index is 0.0752. The molecule has 3 nitrogen and oxygen atoms in total. The maximum absolute atomic E-state index is 12.2. The van der Waals surface area contributed by atoms with Gasteiger partial charge < -0.3 is 4.90 Å². The van der Waals surface area contributed by atoms with Crippen molar-refractivity contribution in [3.8, 4) is 0 Å². The van der Waals surface area contributed by atoms with Gasteiger partial charge in [-0.2, -0.15) is 0 Å². The van der Waals surface area contributed by atoms with Gasteiger partial charge in [-0.05, 0) is 30.6 Å². The lowest BCUT2D eigenvalue weighted by atomic mass is 9.78. The van der Waals surface area contributed by atoms with Crippen LogP contribution in [0, 0.1) is 11.3 Å². The van der Waals surface area contributed by atoms with Gasteiger partial charge in [-0.3, -0.25) is 4.79 Å². The first kappa shape index (κ1) is 13.1. The Kier molecular flexibility index (Phi) is 3.16. The third kappa shape index (κ3) is 2.55. The summed E-state index contributed by atoms with van der Waals surface area (Å²) in [7, 11) is 0. The van der Waals surface area contributed by atoms with E-state index in [9.17, 15) is 4.79 Å². The zero-order valence-electron chi connectivity index (χ0n) is 12.0. The summed E-state index contributed by atoms with van der Waals surface area (Å²) in [6, 6.07) is 0. The number of hydrogen-bond donors (Lipinski definition) is 0. The lowest BCUT2D eigenvalue weighted by molar-refractivity contribution is 0.0916. The first-order chi connectivity index (χ1) is 8.94. The van der Waals surface area contributed by atoms with Crippen LogP contribution in [-0.4, -0.2) is 23.9 Å². The number of Topliss-reactive ketones (excluding diaryl/α,β-unsaturated/α-hetero) is 1. The van der Waals surface area contributed by atoms with Crippen molar-refractivity contribution in [1.82, 2.24) is 4.98 Å². The molecule has 0 unspecified atom stereocenters. The van der Waals surface area contributed by atoms with Gasteiger partial charge in [0.1, 0.15) is 0 Å². The predicted octanol–water partition coefficient (Wildman–Crippen LogP) is 3.53. The Bertz CT molecular complexity index is 498. The standard InChI is InChI=1S/C15H22N2OS/c1-10-4-6-17(7-5-10)14-16-11-8-15(2,3)9-12(18)13(11)19-14/h10H,4-9H2,1-3H3. The molecule has 1 aliphatic heterocycles. The van der Waals surface area contributed by atoms with Crippen LogP contribution in [0.3, 0.4) is 0 Å². The molecule has 0 amide bonds. The van der Waals surface area contributed by atoms with Gasteiger partial charge in [0.15, 0.2) is 10.9 Å². The molecule has 0 radical (unpaired) electrons. The van der Waals surface area contributed by atoms with Crippen molar-refractivity contribution in [2.45, 2.75) is 46.5 Å². The van der Waals surface area contributed by atoms with E-state index in [0.717, 1.165) is 41.1 Å². The number of aromatic nitrogens is 1. The van der Waals surface area contributed by atoms with Crippen LogP contribution in [0.5, 0.6) is 0 Å². The fourth-order valence-electron chi connectivity index (χ4n) is 3.04. The first-order valence-corrected chi connectivity index (χ1v) is 8.04. The fourth-order valence-corrected chi connectivity index (χ4v) is 4.11. The van der Waals surface area contributed by atoms with Gasteiger partial charge in [-0.25, -0.2) is 4.98 Å². The zero-order chi connectivity index (χ0) is 13.6. The quantitative estimate of drug-likeness (QED) is 0.788. The van der Waals surface area contributed by atoms with Crippen molar-refractivity contribution in [3.63, 3.8) is 0 Å². The van der Waals surface area contributed by atoms with E-state index in [4.69, 9.17) is 4.98 Å². The Morgan fingerprint density at radius 3 is 2.63 bits per heavy atom. The lowest BCUT2D eigenvalue weighted by Gasteiger charge is -2.29. The molecule has 2 heterocycles. The number of rotatable bonds is 1. The molecule has 3 rings (SSSR count). The summed E-state index contributed by atoms with van der Waals surface area (Å²) < 4.78 is 0. The van der Waals surface area contributed by atoms with E-state index in [1.807, 2.05) is 0 Å². The maximum Gasteiger partial charge on any atom is 0.186 e. The average Bonchev–Trinajstić information content (AvgIpc) is 2.72. The first-order valence-electron chi connectivity index (χ1n) is 7.22. The molecule has 104 valence electrons. The van der Waals surface area contributed by atoms with Crippen molar-refractivity contribution in [1.29, 1.82) is 0 Å². The van der Waals surface area contributed by atoms with E-state index in [2.05, 4.69) is 25.7 Å². The van der Waals surface area contributed by atoms with Crippen LogP contribution in [-0.2, 0) is 6.42 Å². The number of piperidine rings is 1. The van der Waals surface area contributed by atoms with Gasteiger partial charge in [0.2, 0.25) is 0 Å². The monoisotopic (exact) mass is 278 g/mol. The average molecular weight is 278 g/mol. The molecular weight excluding hydrogens is 256 g/mol. The number of nitrogens with zero attached hydrogens (tertiary/aromatic N) is 2. The zero-order valence-corrected chi connectivity index (χ0v) is 12.8. The maximum atomic E-state index is 12.2.